The van der Waals surface area contributed by atoms with Gasteiger partial charge in [0, 0.05) is 6.54 Å². The van der Waals surface area contributed by atoms with E-state index in [2.05, 4.69) is 34.6 Å². The van der Waals surface area contributed by atoms with E-state index in [0.717, 1.165) is 0 Å². The van der Waals surface area contributed by atoms with Crippen LogP contribution in [0.5, 0.6) is 0 Å². The summed E-state index contributed by atoms with van der Waals surface area (Å²) in [5.41, 5.74) is 6.70. The number of benzene rings is 1. The number of carbonyl (C=O) groups excluding carboxylic acids is 1. The highest BCUT2D eigenvalue weighted by Gasteiger charge is 2.09. The summed E-state index contributed by atoms with van der Waals surface area (Å²) in [5.74, 6) is 0.616. The number of thioether (sulfide) groups is 1. The molecule has 5 nitrogen and oxygen atoms in total. The lowest BCUT2D eigenvalue weighted by atomic mass is 10.0. The molecule has 1 amide bonds. The first-order valence-corrected chi connectivity index (χ1v) is 7.99. The quantitative estimate of drug-likeness (QED) is 0.799. The van der Waals surface area contributed by atoms with Crippen LogP contribution in [0.15, 0.2) is 34.7 Å². The largest absolute Gasteiger partial charge is 0.374 e. The monoisotopic (exact) mass is 308 g/mol. The van der Waals surface area contributed by atoms with Gasteiger partial charge in [0.25, 0.3) is 0 Å². The van der Waals surface area contributed by atoms with Gasteiger partial charge in [-0.1, -0.05) is 60.4 Å². The van der Waals surface area contributed by atoms with Gasteiger partial charge < -0.3 is 11.1 Å². The lowest BCUT2D eigenvalue weighted by Crippen LogP contribution is -2.28. The van der Waals surface area contributed by atoms with Gasteiger partial charge in [0.05, 0.1) is 5.75 Å². The lowest BCUT2D eigenvalue weighted by Gasteiger charge is -2.12. The fourth-order valence-electron chi connectivity index (χ4n) is 1.62. The smallest absolute Gasteiger partial charge is 0.230 e. The number of nitrogens with zero attached hydrogens (tertiary/aromatic N) is 2. The molecule has 1 aromatic heterocycles. The zero-order valence-electron chi connectivity index (χ0n) is 11.1. The molecule has 0 fully saturated rings. The van der Waals surface area contributed by atoms with Gasteiger partial charge in [0.2, 0.25) is 11.0 Å². The van der Waals surface area contributed by atoms with Crippen LogP contribution in [-0.4, -0.2) is 28.4 Å². The van der Waals surface area contributed by atoms with E-state index < -0.39 is 0 Å². The molecule has 7 heteroatoms. The van der Waals surface area contributed by atoms with E-state index in [4.69, 9.17) is 5.73 Å². The predicted molar refractivity (Wildman–Crippen MR) is 82.9 cm³/mol. The molecule has 0 aliphatic carbocycles. The second kappa shape index (κ2) is 7.25. The minimum atomic E-state index is -0.00782. The predicted octanol–water partition coefficient (Wildman–Crippen LogP) is 2.13. The number of aromatic nitrogens is 2. The SMILES string of the molecule is C[C@H](CNC(=O)CSc1nnc(N)s1)c1ccccc1. The lowest BCUT2D eigenvalue weighted by molar-refractivity contribution is -0.118. The second-order valence-corrected chi connectivity index (χ2v) is 6.54. The minimum absolute atomic E-state index is 0.00782. The van der Waals surface area contributed by atoms with Crippen LogP contribution in [0.25, 0.3) is 0 Å². The summed E-state index contributed by atoms with van der Waals surface area (Å²) in [6, 6.07) is 10.1. The number of anilines is 1. The van der Waals surface area contributed by atoms with Crippen molar-refractivity contribution in [2.45, 2.75) is 17.2 Å². The molecule has 0 saturated carbocycles. The van der Waals surface area contributed by atoms with Crippen LogP contribution in [0.2, 0.25) is 0 Å². The summed E-state index contributed by atoms with van der Waals surface area (Å²) >= 11 is 2.64. The molecule has 0 spiro atoms. The van der Waals surface area contributed by atoms with Gasteiger partial charge in [-0.15, -0.1) is 10.2 Å². The average molecular weight is 308 g/mol. The van der Waals surface area contributed by atoms with Crippen LogP contribution < -0.4 is 11.1 Å². The van der Waals surface area contributed by atoms with Crippen molar-refractivity contribution in [2.75, 3.05) is 18.0 Å². The minimum Gasteiger partial charge on any atom is -0.374 e. The Morgan fingerprint density at radius 2 is 2.15 bits per heavy atom. The first kappa shape index (κ1) is 14.8. The normalized spacial score (nSPS) is 12.1. The number of rotatable bonds is 6. The van der Waals surface area contributed by atoms with Crippen molar-refractivity contribution in [2.24, 2.45) is 0 Å². The third-order valence-corrected chi connectivity index (χ3v) is 4.61. The van der Waals surface area contributed by atoms with Crippen LogP contribution >= 0.6 is 23.1 Å². The highest BCUT2D eigenvalue weighted by molar-refractivity contribution is 8.01. The van der Waals surface area contributed by atoms with Gasteiger partial charge in [0.1, 0.15) is 0 Å². The summed E-state index contributed by atoms with van der Waals surface area (Å²) in [7, 11) is 0. The Morgan fingerprint density at radius 3 is 2.80 bits per heavy atom. The van der Waals surface area contributed by atoms with Gasteiger partial charge in [-0.05, 0) is 11.5 Å². The maximum Gasteiger partial charge on any atom is 0.230 e. The van der Waals surface area contributed by atoms with Crippen molar-refractivity contribution in [1.29, 1.82) is 0 Å². The number of nitrogens with two attached hydrogens (primary N) is 1. The van der Waals surface area contributed by atoms with E-state index in [0.29, 0.717) is 27.7 Å². The van der Waals surface area contributed by atoms with Gasteiger partial charge in [-0.25, -0.2) is 0 Å². The highest BCUT2D eigenvalue weighted by atomic mass is 32.2. The summed E-state index contributed by atoms with van der Waals surface area (Å²) in [4.78, 5) is 11.8. The summed E-state index contributed by atoms with van der Waals surface area (Å²) in [5, 5.41) is 10.9. The van der Waals surface area contributed by atoms with Gasteiger partial charge >= 0.3 is 0 Å². The summed E-state index contributed by atoms with van der Waals surface area (Å²) < 4.78 is 0.716. The number of carbonyl (C=O) groups is 1. The summed E-state index contributed by atoms with van der Waals surface area (Å²) in [6.07, 6.45) is 0. The van der Waals surface area contributed by atoms with Crippen LogP contribution in [-0.2, 0) is 4.79 Å². The number of hydrogen-bond acceptors (Lipinski definition) is 6. The van der Waals surface area contributed by atoms with E-state index in [1.54, 1.807) is 0 Å². The number of amides is 1. The molecule has 0 radical (unpaired) electrons. The van der Waals surface area contributed by atoms with Crippen molar-refractivity contribution < 1.29 is 4.79 Å². The van der Waals surface area contributed by atoms with E-state index in [9.17, 15) is 4.79 Å². The molecule has 1 atom stereocenters. The van der Waals surface area contributed by atoms with Crippen molar-refractivity contribution in [3.8, 4) is 0 Å². The van der Waals surface area contributed by atoms with Crippen LogP contribution in [0, 0.1) is 0 Å². The van der Waals surface area contributed by atoms with Gasteiger partial charge in [-0.3, -0.25) is 4.79 Å². The first-order chi connectivity index (χ1) is 9.65. The number of hydrogen-bond donors (Lipinski definition) is 2. The van der Waals surface area contributed by atoms with Crippen LogP contribution in [0.4, 0.5) is 5.13 Å². The first-order valence-electron chi connectivity index (χ1n) is 6.18. The van der Waals surface area contributed by atoms with E-state index in [1.807, 2.05) is 18.2 Å². The molecule has 0 bridgehead atoms. The van der Waals surface area contributed by atoms with Crippen LogP contribution in [0.3, 0.4) is 0 Å². The van der Waals surface area contributed by atoms with E-state index in [1.165, 1.54) is 28.7 Å². The molecule has 3 N–H and O–H groups in total. The average Bonchev–Trinajstić information content (AvgIpc) is 2.89. The Kier molecular flexibility index (Phi) is 5.37. The van der Waals surface area contributed by atoms with Crippen LogP contribution in [0.1, 0.15) is 18.4 Å². The molecule has 1 heterocycles. The Hall–Kier alpha value is -1.60. The molecule has 20 heavy (non-hydrogen) atoms. The molecule has 0 unspecified atom stereocenters. The Labute approximate surface area is 126 Å². The van der Waals surface area contributed by atoms with Gasteiger partial charge in [0.15, 0.2) is 4.34 Å². The standard InChI is InChI=1S/C13H16N4OS2/c1-9(10-5-3-2-4-6-10)7-15-11(18)8-19-13-17-16-12(14)20-13/h2-6,9H,7-8H2,1H3,(H2,14,16)(H,15,18)/t9-/m1/s1. The Bertz CT molecular complexity index is 559. The van der Waals surface area contributed by atoms with Crippen molar-refractivity contribution in [3.63, 3.8) is 0 Å². The third kappa shape index (κ3) is 4.50. The molecule has 0 aliphatic heterocycles. The third-order valence-electron chi connectivity index (χ3n) is 2.72. The molecule has 0 saturated heterocycles. The van der Waals surface area contributed by atoms with Crippen molar-refractivity contribution in [1.82, 2.24) is 15.5 Å². The van der Waals surface area contributed by atoms with Crippen molar-refractivity contribution >= 4 is 34.1 Å². The molecule has 2 aromatic rings. The fraction of sp³-hybridized carbons (Fsp3) is 0.308. The van der Waals surface area contributed by atoms with Gasteiger partial charge in [-0.2, -0.15) is 0 Å². The topological polar surface area (TPSA) is 80.9 Å². The molecular formula is C13H16N4OS2. The molecule has 0 aliphatic rings. The second-order valence-electron chi connectivity index (χ2n) is 4.31. The Balaban J connectivity index is 1.72. The highest BCUT2D eigenvalue weighted by Crippen LogP contribution is 2.23. The van der Waals surface area contributed by atoms with Crippen molar-refractivity contribution in [3.05, 3.63) is 35.9 Å². The molecule has 106 valence electrons. The van der Waals surface area contributed by atoms with E-state index >= 15 is 0 Å². The Morgan fingerprint density at radius 1 is 1.40 bits per heavy atom. The van der Waals surface area contributed by atoms with E-state index in [-0.39, 0.29) is 5.91 Å². The fourth-order valence-corrected chi connectivity index (χ4v) is 3.09. The molecular weight excluding hydrogens is 292 g/mol. The zero-order valence-corrected chi connectivity index (χ0v) is 12.7. The molecule has 1 aromatic carbocycles. The summed E-state index contributed by atoms with van der Waals surface area (Å²) in [6.45, 7) is 2.72. The maximum absolute atomic E-state index is 11.8. The maximum atomic E-state index is 11.8. The zero-order chi connectivity index (χ0) is 14.4. The molecule has 2 rings (SSSR count). The number of nitrogens with one attached hydrogen (secondary N) is 1. The number of nitrogen functional groups attached to an aromatic ring is 1.